The lowest BCUT2D eigenvalue weighted by molar-refractivity contribution is -0.159. The van der Waals surface area contributed by atoms with Crippen molar-refractivity contribution in [2.45, 2.75) is 64.6 Å². The predicted molar refractivity (Wildman–Crippen MR) is 89.1 cm³/mol. The number of esters is 2. The third-order valence-corrected chi connectivity index (χ3v) is 8.92. The maximum absolute atomic E-state index is 11.5. The van der Waals surface area contributed by atoms with E-state index in [1.54, 1.807) is 0 Å². The lowest BCUT2D eigenvalue weighted by Crippen LogP contribution is -2.40. The lowest BCUT2D eigenvalue weighted by Gasteiger charge is -2.36. The molecule has 0 saturated carbocycles. The van der Waals surface area contributed by atoms with E-state index in [1.807, 2.05) is 0 Å². The summed E-state index contributed by atoms with van der Waals surface area (Å²) < 4.78 is 15.4. The molecule has 0 spiro atoms. The minimum Gasteiger partial charge on any atom is -0.468 e. The van der Waals surface area contributed by atoms with Crippen molar-refractivity contribution in [3.63, 3.8) is 0 Å². The highest BCUT2D eigenvalue weighted by Gasteiger charge is 2.36. The van der Waals surface area contributed by atoms with Gasteiger partial charge in [0.05, 0.1) is 14.2 Å². The van der Waals surface area contributed by atoms with Gasteiger partial charge >= 0.3 is 11.9 Å². The summed E-state index contributed by atoms with van der Waals surface area (Å²) in [6.45, 7) is 11.9. The number of unbranched alkanes of at least 4 members (excludes halogenated alkanes) is 2. The van der Waals surface area contributed by atoms with Crippen LogP contribution < -0.4 is 0 Å². The molecule has 0 aliphatic carbocycles. The smallest absolute Gasteiger partial charge is 0.320 e. The summed E-state index contributed by atoms with van der Waals surface area (Å²) in [5.41, 5.74) is 0. The molecule has 0 aromatic carbocycles. The van der Waals surface area contributed by atoms with Gasteiger partial charge in [-0.15, -0.1) is 0 Å². The third-order valence-electron chi connectivity index (χ3n) is 4.38. The third kappa shape index (κ3) is 6.92. The van der Waals surface area contributed by atoms with Crippen molar-refractivity contribution >= 4 is 20.3 Å². The van der Waals surface area contributed by atoms with Crippen LogP contribution in [0.3, 0.4) is 0 Å². The fourth-order valence-corrected chi connectivity index (χ4v) is 2.88. The van der Waals surface area contributed by atoms with Crippen molar-refractivity contribution in [3.8, 4) is 0 Å². The largest absolute Gasteiger partial charge is 0.468 e. The van der Waals surface area contributed by atoms with Crippen LogP contribution in [0, 0.1) is 5.92 Å². The average Bonchev–Trinajstić information content (AvgIpc) is 2.43. The first-order valence-corrected chi connectivity index (χ1v) is 10.8. The van der Waals surface area contributed by atoms with E-state index in [-0.39, 0.29) is 5.04 Å². The molecule has 0 radical (unpaired) electrons. The number of hydrogen-bond donors (Lipinski definition) is 0. The van der Waals surface area contributed by atoms with Crippen molar-refractivity contribution in [1.82, 2.24) is 0 Å². The van der Waals surface area contributed by atoms with E-state index in [1.165, 1.54) is 14.2 Å². The van der Waals surface area contributed by atoms with Crippen molar-refractivity contribution in [1.29, 1.82) is 0 Å². The molecule has 130 valence electrons. The van der Waals surface area contributed by atoms with Gasteiger partial charge in [0, 0.05) is 6.61 Å². The van der Waals surface area contributed by atoms with Crippen molar-refractivity contribution in [2.75, 3.05) is 20.8 Å². The number of methoxy groups -OCH3 is 2. The molecule has 0 aliphatic heterocycles. The van der Waals surface area contributed by atoms with Gasteiger partial charge in [-0.3, -0.25) is 9.59 Å². The average molecular weight is 333 g/mol. The van der Waals surface area contributed by atoms with Crippen LogP contribution >= 0.6 is 0 Å². The van der Waals surface area contributed by atoms with Gasteiger partial charge in [-0.05, 0) is 31.0 Å². The Morgan fingerprint density at radius 1 is 0.955 bits per heavy atom. The summed E-state index contributed by atoms with van der Waals surface area (Å²) in [6.07, 6.45) is 3.08. The normalized spacial score (nSPS) is 12.4. The van der Waals surface area contributed by atoms with Gasteiger partial charge in [-0.2, -0.15) is 0 Å². The maximum atomic E-state index is 11.5. The Morgan fingerprint density at radius 2 is 1.45 bits per heavy atom. The molecular formula is C16H32O5Si. The van der Waals surface area contributed by atoms with Crippen LogP contribution in [0.4, 0.5) is 0 Å². The zero-order valence-electron chi connectivity index (χ0n) is 15.2. The Labute approximate surface area is 135 Å². The van der Waals surface area contributed by atoms with Crippen molar-refractivity contribution in [2.24, 2.45) is 5.92 Å². The summed E-state index contributed by atoms with van der Waals surface area (Å²) in [5.74, 6) is -1.86. The van der Waals surface area contributed by atoms with E-state index >= 15 is 0 Å². The highest BCUT2D eigenvalue weighted by atomic mass is 28.4. The van der Waals surface area contributed by atoms with E-state index in [2.05, 4.69) is 43.3 Å². The SMILES string of the molecule is COC(=O)C(CCCCCO[Si](C)(C)C(C)(C)C)C(=O)OC. The standard InChI is InChI=1S/C16H32O5Si/c1-16(2,3)22(6,7)21-12-10-8-9-11-13(14(17)19-4)15(18)20-5/h13H,8-12H2,1-7H3. The van der Waals surface area contributed by atoms with Crippen molar-refractivity contribution < 1.29 is 23.5 Å². The molecule has 22 heavy (non-hydrogen) atoms. The highest BCUT2D eigenvalue weighted by molar-refractivity contribution is 6.74. The number of rotatable bonds is 9. The highest BCUT2D eigenvalue weighted by Crippen LogP contribution is 2.36. The van der Waals surface area contributed by atoms with Crippen LogP contribution in [0.15, 0.2) is 0 Å². The second kappa shape index (κ2) is 9.30. The minimum absolute atomic E-state index is 0.216. The van der Waals surface area contributed by atoms with Crippen LogP contribution in [0.25, 0.3) is 0 Å². The molecule has 0 N–H and O–H groups in total. The van der Waals surface area contributed by atoms with Crippen molar-refractivity contribution in [3.05, 3.63) is 0 Å². The van der Waals surface area contributed by atoms with Crippen LogP contribution in [-0.4, -0.2) is 41.1 Å². The number of ether oxygens (including phenoxy) is 2. The fourth-order valence-electron chi connectivity index (χ4n) is 1.79. The Hall–Kier alpha value is -0.883. The zero-order valence-corrected chi connectivity index (χ0v) is 16.2. The van der Waals surface area contributed by atoms with E-state index < -0.39 is 26.2 Å². The predicted octanol–water partition coefficient (Wildman–Crippen LogP) is 3.53. The second-order valence-electron chi connectivity index (χ2n) is 7.06. The van der Waals surface area contributed by atoms with Gasteiger partial charge in [0.2, 0.25) is 0 Å². The fraction of sp³-hybridized carbons (Fsp3) is 0.875. The van der Waals surface area contributed by atoms with E-state index in [4.69, 9.17) is 4.43 Å². The monoisotopic (exact) mass is 332 g/mol. The van der Waals surface area contributed by atoms with Crippen LogP contribution in [-0.2, 0) is 23.5 Å². The zero-order chi connectivity index (χ0) is 17.4. The van der Waals surface area contributed by atoms with E-state index in [9.17, 15) is 9.59 Å². The Balaban J connectivity index is 4.06. The topological polar surface area (TPSA) is 61.8 Å². The molecule has 0 aliphatic rings. The molecule has 5 nitrogen and oxygen atoms in total. The molecule has 0 aromatic heterocycles. The van der Waals surface area contributed by atoms with Gasteiger partial charge in [0.15, 0.2) is 14.2 Å². The van der Waals surface area contributed by atoms with Gasteiger partial charge in [-0.25, -0.2) is 0 Å². The van der Waals surface area contributed by atoms with Gasteiger partial charge in [0.1, 0.15) is 0 Å². The number of hydrogen-bond acceptors (Lipinski definition) is 5. The molecule has 0 fully saturated rings. The second-order valence-corrected chi connectivity index (χ2v) is 11.9. The molecule has 0 heterocycles. The van der Waals surface area contributed by atoms with E-state index in [0.717, 1.165) is 25.9 Å². The first-order valence-electron chi connectivity index (χ1n) is 7.86. The molecule has 0 unspecified atom stereocenters. The van der Waals surface area contributed by atoms with Gasteiger partial charge in [0.25, 0.3) is 0 Å². The number of carbonyl (C=O) groups is 2. The van der Waals surface area contributed by atoms with Crippen LogP contribution in [0.1, 0.15) is 46.5 Å². The molecule has 0 rings (SSSR count). The van der Waals surface area contributed by atoms with Crippen LogP contribution in [0.2, 0.25) is 18.1 Å². The summed E-state index contributed by atoms with van der Waals surface area (Å²) >= 11 is 0. The Bertz CT molecular complexity index is 344. The molecule has 0 amide bonds. The van der Waals surface area contributed by atoms with Crippen LogP contribution in [0.5, 0.6) is 0 Å². The summed E-state index contributed by atoms with van der Waals surface area (Å²) in [5, 5.41) is 0.216. The molecule has 0 aromatic rings. The minimum atomic E-state index is -1.68. The quantitative estimate of drug-likeness (QED) is 0.280. The number of carbonyl (C=O) groups excluding carboxylic acids is 2. The summed E-state index contributed by atoms with van der Waals surface area (Å²) in [6, 6.07) is 0. The van der Waals surface area contributed by atoms with Gasteiger partial charge < -0.3 is 13.9 Å². The lowest BCUT2D eigenvalue weighted by atomic mass is 10.0. The molecule has 6 heteroatoms. The molecule has 0 bridgehead atoms. The first kappa shape index (κ1) is 21.1. The molecular weight excluding hydrogens is 300 g/mol. The summed E-state index contributed by atoms with van der Waals surface area (Å²) in [4.78, 5) is 23.1. The molecule has 0 atom stereocenters. The Kier molecular flexibility index (Phi) is 8.93. The van der Waals surface area contributed by atoms with E-state index in [0.29, 0.717) is 6.42 Å². The Morgan fingerprint density at radius 3 is 1.86 bits per heavy atom. The first-order chi connectivity index (χ1) is 10.1. The van der Waals surface area contributed by atoms with Gasteiger partial charge in [-0.1, -0.05) is 33.6 Å². The maximum Gasteiger partial charge on any atom is 0.320 e. The summed E-state index contributed by atoms with van der Waals surface area (Å²) in [7, 11) is 0.884. The molecule has 0 saturated heterocycles.